The van der Waals surface area contributed by atoms with Crippen molar-refractivity contribution in [2.24, 2.45) is 0 Å². The number of methoxy groups -OCH3 is 1. The number of sulfonamides is 1. The minimum absolute atomic E-state index is 0.0220. The second kappa shape index (κ2) is 12.8. The lowest BCUT2D eigenvalue weighted by atomic mass is 10.1. The highest BCUT2D eigenvalue weighted by Gasteiger charge is 2.32. The Balaban J connectivity index is 2.02. The van der Waals surface area contributed by atoms with Gasteiger partial charge in [0.2, 0.25) is 11.8 Å². The molecule has 0 saturated carbocycles. The smallest absolute Gasteiger partial charge is 0.264 e. The first-order valence-corrected chi connectivity index (χ1v) is 13.9. The predicted molar refractivity (Wildman–Crippen MR) is 149 cm³/mol. The van der Waals surface area contributed by atoms with E-state index in [1.165, 1.54) is 42.3 Å². The zero-order valence-corrected chi connectivity index (χ0v) is 23.4. The van der Waals surface area contributed by atoms with Crippen LogP contribution in [-0.2, 0) is 26.2 Å². The number of carbonyl (C=O) groups excluding carboxylic acids is 2. The third-order valence-corrected chi connectivity index (χ3v) is 7.84. The van der Waals surface area contributed by atoms with E-state index in [1.54, 1.807) is 25.1 Å². The Labute approximate surface area is 229 Å². The van der Waals surface area contributed by atoms with Gasteiger partial charge in [-0.2, -0.15) is 0 Å². The summed E-state index contributed by atoms with van der Waals surface area (Å²) in [5.74, 6) is -0.387. The van der Waals surface area contributed by atoms with Crippen molar-refractivity contribution >= 4 is 39.1 Å². The van der Waals surface area contributed by atoms with E-state index in [0.717, 1.165) is 9.87 Å². The van der Waals surface area contributed by atoms with E-state index in [9.17, 15) is 18.0 Å². The summed E-state index contributed by atoms with van der Waals surface area (Å²) in [4.78, 5) is 28.1. The zero-order chi connectivity index (χ0) is 27.9. The molecule has 0 spiro atoms. The Morgan fingerprint density at radius 3 is 2.18 bits per heavy atom. The first-order chi connectivity index (χ1) is 18.0. The topological polar surface area (TPSA) is 96.0 Å². The van der Waals surface area contributed by atoms with Gasteiger partial charge in [0, 0.05) is 17.6 Å². The van der Waals surface area contributed by atoms with Crippen LogP contribution in [0.3, 0.4) is 0 Å². The first kappa shape index (κ1) is 29.0. The number of halogens is 1. The Bertz CT molecular complexity index is 1350. The number of anilines is 1. The van der Waals surface area contributed by atoms with Crippen molar-refractivity contribution in [2.45, 2.75) is 44.3 Å². The zero-order valence-electron chi connectivity index (χ0n) is 21.8. The summed E-state index contributed by atoms with van der Waals surface area (Å²) in [6, 6.07) is 20.4. The Kier molecular flexibility index (Phi) is 9.77. The molecule has 0 fully saturated rings. The molecule has 0 aliphatic heterocycles. The van der Waals surface area contributed by atoms with E-state index in [4.69, 9.17) is 16.3 Å². The number of hydrogen-bond donors (Lipinski definition) is 1. The molecule has 8 nitrogen and oxygen atoms in total. The maximum atomic E-state index is 13.8. The number of benzene rings is 3. The molecule has 0 aliphatic rings. The van der Waals surface area contributed by atoms with Gasteiger partial charge in [-0.1, -0.05) is 48.0 Å². The fourth-order valence-corrected chi connectivity index (χ4v) is 5.39. The van der Waals surface area contributed by atoms with Crippen LogP contribution >= 0.6 is 11.6 Å². The summed E-state index contributed by atoms with van der Waals surface area (Å²) >= 11 is 6.19. The largest absolute Gasteiger partial charge is 0.497 e. The standard InChI is InChI=1S/C28H32ClN3O5S/c1-20(2)30-28(34)21(3)31(18-22-9-6-5-7-10-22)27(33)19-32(24-12-8-11-23(29)17-24)38(35,36)26-15-13-25(37-4)14-16-26/h5-17,20-21H,18-19H2,1-4H3,(H,30,34)/t21-/m0/s1. The van der Waals surface area contributed by atoms with Gasteiger partial charge in [0.05, 0.1) is 17.7 Å². The molecule has 1 N–H and O–H groups in total. The average Bonchev–Trinajstić information content (AvgIpc) is 2.90. The minimum atomic E-state index is -4.19. The summed E-state index contributed by atoms with van der Waals surface area (Å²) in [5.41, 5.74) is 1.03. The van der Waals surface area contributed by atoms with Crippen molar-refractivity contribution in [2.75, 3.05) is 18.0 Å². The van der Waals surface area contributed by atoms with Crippen LogP contribution in [0.4, 0.5) is 5.69 Å². The lowest BCUT2D eigenvalue weighted by Gasteiger charge is -2.32. The predicted octanol–water partition coefficient (Wildman–Crippen LogP) is 4.49. The number of rotatable bonds is 11. The molecule has 0 unspecified atom stereocenters. The Morgan fingerprint density at radius 1 is 0.947 bits per heavy atom. The van der Waals surface area contributed by atoms with Gasteiger partial charge in [0.25, 0.3) is 10.0 Å². The average molecular weight is 558 g/mol. The molecule has 0 saturated heterocycles. The minimum Gasteiger partial charge on any atom is -0.497 e. The second-order valence-electron chi connectivity index (χ2n) is 9.01. The van der Waals surface area contributed by atoms with Gasteiger partial charge in [-0.3, -0.25) is 13.9 Å². The van der Waals surface area contributed by atoms with Gasteiger partial charge in [-0.05, 0) is 68.8 Å². The van der Waals surface area contributed by atoms with Gasteiger partial charge >= 0.3 is 0 Å². The summed E-state index contributed by atoms with van der Waals surface area (Å²) in [6.45, 7) is 4.87. The van der Waals surface area contributed by atoms with Crippen LogP contribution in [0.15, 0.2) is 83.8 Å². The van der Waals surface area contributed by atoms with Crippen molar-refractivity contribution in [1.29, 1.82) is 0 Å². The SMILES string of the molecule is COc1ccc(S(=O)(=O)N(CC(=O)N(Cc2ccccc2)[C@@H](C)C(=O)NC(C)C)c2cccc(Cl)c2)cc1. The number of hydrogen-bond acceptors (Lipinski definition) is 5. The molecule has 0 heterocycles. The molecule has 3 aromatic rings. The van der Waals surface area contributed by atoms with Crippen LogP contribution in [0, 0.1) is 0 Å². The van der Waals surface area contributed by atoms with Gasteiger partial charge in [0.15, 0.2) is 0 Å². The summed E-state index contributed by atoms with van der Waals surface area (Å²) < 4.78 is 33.8. The fourth-order valence-electron chi connectivity index (χ4n) is 3.80. The van der Waals surface area contributed by atoms with Crippen LogP contribution in [0.1, 0.15) is 26.3 Å². The number of nitrogens with one attached hydrogen (secondary N) is 1. The molecule has 3 rings (SSSR count). The first-order valence-electron chi connectivity index (χ1n) is 12.1. The van der Waals surface area contributed by atoms with Crippen molar-refractivity contribution in [1.82, 2.24) is 10.2 Å². The van der Waals surface area contributed by atoms with Crippen LogP contribution in [0.25, 0.3) is 0 Å². The quantitative estimate of drug-likeness (QED) is 0.375. The van der Waals surface area contributed by atoms with E-state index in [0.29, 0.717) is 10.8 Å². The molecule has 202 valence electrons. The molecule has 1 atom stereocenters. The lowest BCUT2D eigenvalue weighted by Crippen LogP contribution is -2.52. The molecule has 2 amide bonds. The molecule has 10 heteroatoms. The summed E-state index contributed by atoms with van der Waals surface area (Å²) in [5, 5.41) is 3.14. The van der Waals surface area contributed by atoms with E-state index in [-0.39, 0.29) is 29.1 Å². The molecular formula is C28H32ClN3O5S. The number of amides is 2. The molecule has 0 aromatic heterocycles. The van der Waals surface area contributed by atoms with E-state index < -0.39 is 28.5 Å². The number of carbonyl (C=O) groups is 2. The molecule has 0 radical (unpaired) electrons. The van der Waals surface area contributed by atoms with Crippen LogP contribution < -0.4 is 14.4 Å². The van der Waals surface area contributed by atoms with Crippen LogP contribution in [-0.4, -0.2) is 50.9 Å². The lowest BCUT2D eigenvalue weighted by molar-refractivity contribution is -0.139. The molecule has 0 bridgehead atoms. The molecule has 0 aliphatic carbocycles. The third-order valence-electron chi connectivity index (χ3n) is 5.82. The third kappa shape index (κ3) is 7.26. The Morgan fingerprint density at radius 2 is 1.61 bits per heavy atom. The van der Waals surface area contributed by atoms with Crippen molar-refractivity contribution in [3.05, 3.63) is 89.4 Å². The van der Waals surface area contributed by atoms with Crippen molar-refractivity contribution in [3.8, 4) is 5.75 Å². The fraction of sp³-hybridized carbons (Fsp3) is 0.286. The molecular weight excluding hydrogens is 526 g/mol. The molecule has 3 aromatic carbocycles. The van der Waals surface area contributed by atoms with E-state index in [1.807, 2.05) is 44.2 Å². The Hall–Kier alpha value is -3.56. The van der Waals surface area contributed by atoms with Crippen molar-refractivity contribution in [3.63, 3.8) is 0 Å². The maximum Gasteiger partial charge on any atom is 0.264 e. The normalized spacial score (nSPS) is 12.1. The van der Waals surface area contributed by atoms with Gasteiger partial charge in [-0.15, -0.1) is 0 Å². The monoisotopic (exact) mass is 557 g/mol. The highest BCUT2D eigenvalue weighted by Crippen LogP contribution is 2.27. The van der Waals surface area contributed by atoms with Crippen molar-refractivity contribution < 1.29 is 22.7 Å². The van der Waals surface area contributed by atoms with Gasteiger partial charge in [-0.25, -0.2) is 8.42 Å². The van der Waals surface area contributed by atoms with Gasteiger partial charge in [0.1, 0.15) is 18.3 Å². The summed E-state index contributed by atoms with van der Waals surface area (Å²) in [7, 11) is -2.71. The second-order valence-corrected chi connectivity index (χ2v) is 11.3. The highest BCUT2D eigenvalue weighted by atomic mass is 35.5. The number of nitrogens with zero attached hydrogens (tertiary/aromatic N) is 2. The summed E-state index contributed by atoms with van der Waals surface area (Å²) in [6.07, 6.45) is 0. The highest BCUT2D eigenvalue weighted by molar-refractivity contribution is 7.92. The van der Waals surface area contributed by atoms with E-state index in [2.05, 4.69) is 5.32 Å². The number of ether oxygens (including phenoxy) is 1. The maximum absolute atomic E-state index is 13.8. The molecule has 38 heavy (non-hydrogen) atoms. The van der Waals surface area contributed by atoms with Crippen LogP contribution in [0.5, 0.6) is 5.75 Å². The van der Waals surface area contributed by atoms with Gasteiger partial charge < -0.3 is 15.0 Å². The van der Waals surface area contributed by atoms with E-state index >= 15 is 0 Å². The van der Waals surface area contributed by atoms with Crippen LogP contribution in [0.2, 0.25) is 5.02 Å².